The van der Waals surface area contributed by atoms with Gasteiger partial charge in [0.15, 0.2) is 15.4 Å². The van der Waals surface area contributed by atoms with Crippen molar-refractivity contribution in [1.29, 1.82) is 0 Å². The fraction of sp³-hybridized carbons (Fsp3) is 0.0400. The number of para-hydroxylation sites is 3. The number of nitrogens with zero attached hydrogens (tertiary/aromatic N) is 3. The van der Waals surface area contributed by atoms with Gasteiger partial charge in [-0.2, -0.15) is 5.10 Å². The van der Waals surface area contributed by atoms with Gasteiger partial charge in [0.05, 0.1) is 22.1 Å². The maximum Gasteiger partial charge on any atom is 0.271 e. The van der Waals surface area contributed by atoms with E-state index in [4.69, 9.17) is 11.6 Å². The topological polar surface area (TPSA) is 95.1 Å². The van der Waals surface area contributed by atoms with Crippen molar-refractivity contribution in [2.75, 3.05) is 5.32 Å². The lowest BCUT2D eigenvalue weighted by Crippen LogP contribution is -2.17. The Balaban J connectivity index is 1.14. The highest BCUT2D eigenvalue weighted by molar-refractivity contribution is 7.98. The predicted octanol–water partition coefficient (Wildman–Crippen LogP) is 6.47. The van der Waals surface area contributed by atoms with E-state index in [9.17, 15) is 4.79 Å². The second-order valence-corrected chi connectivity index (χ2v) is 9.76. The van der Waals surface area contributed by atoms with Crippen LogP contribution in [0, 0.1) is 0 Å². The molecule has 7 nitrogen and oxygen atoms in total. The molecule has 10 heteroatoms. The van der Waals surface area contributed by atoms with Crippen LogP contribution in [-0.2, 0) is 5.75 Å². The zero-order valence-electron chi connectivity index (χ0n) is 18.2. The van der Waals surface area contributed by atoms with Crippen LogP contribution in [0.2, 0.25) is 5.15 Å². The van der Waals surface area contributed by atoms with Crippen LogP contribution in [0.3, 0.4) is 0 Å². The quantitative estimate of drug-likeness (QED) is 0.124. The molecule has 1 amide bonds. The highest BCUT2D eigenvalue weighted by atomic mass is 35.5. The molecule has 0 unspecified atom stereocenters. The lowest BCUT2D eigenvalue weighted by atomic mass is 10.1. The summed E-state index contributed by atoms with van der Waals surface area (Å²) in [7, 11) is 0. The van der Waals surface area contributed by atoms with Crippen LogP contribution in [0.15, 0.2) is 89.1 Å². The molecule has 0 saturated heterocycles. The van der Waals surface area contributed by atoms with E-state index in [1.807, 2.05) is 66.7 Å². The fourth-order valence-electron chi connectivity index (χ4n) is 3.21. The number of hydrogen-bond donors (Lipinski definition) is 3. The zero-order chi connectivity index (χ0) is 24.0. The standard InChI is InChI=1S/C25H19ClN6OS2/c26-22-21(35-25(31-22)28-18-6-2-1-3-7-18)14-27-32-23(33)17-12-10-16(11-13-17)15-34-24-29-19-8-4-5-9-20(19)30-24/h1-14H,15H2,(H,28,31)(H,29,30)(H,32,33). The third-order valence-electron chi connectivity index (χ3n) is 4.94. The number of rotatable bonds is 8. The molecular formula is C25H19ClN6OS2. The van der Waals surface area contributed by atoms with Crippen molar-refractivity contribution < 1.29 is 4.79 Å². The van der Waals surface area contributed by atoms with Crippen LogP contribution in [0.25, 0.3) is 11.0 Å². The Bertz CT molecular complexity index is 1450. The molecule has 0 bridgehead atoms. The van der Waals surface area contributed by atoms with Crippen LogP contribution < -0.4 is 10.7 Å². The molecule has 0 aliphatic heterocycles. The second kappa shape index (κ2) is 10.7. The molecule has 5 aromatic rings. The molecule has 0 spiro atoms. The van der Waals surface area contributed by atoms with E-state index in [1.165, 1.54) is 17.6 Å². The largest absolute Gasteiger partial charge is 0.333 e. The summed E-state index contributed by atoms with van der Waals surface area (Å²) in [6, 6.07) is 25.0. The lowest BCUT2D eigenvalue weighted by Gasteiger charge is -2.02. The third-order valence-corrected chi connectivity index (χ3v) is 7.19. The number of hydrogen-bond acceptors (Lipinski definition) is 7. The van der Waals surface area contributed by atoms with E-state index < -0.39 is 0 Å². The Morgan fingerprint density at radius 1 is 1.03 bits per heavy atom. The van der Waals surface area contributed by atoms with Crippen LogP contribution in [0.4, 0.5) is 10.8 Å². The van der Waals surface area contributed by atoms with Crippen molar-refractivity contribution in [3.63, 3.8) is 0 Å². The number of benzene rings is 3. The van der Waals surface area contributed by atoms with E-state index >= 15 is 0 Å². The number of H-pyrrole nitrogens is 1. The van der Waals surface area contributed by atoms with Gasteiger partial charge in [-0.05, 0) is 42.0 Å². The van der Waals surface area contributed by atoms with Crippen molar-refractivity contribution in [2.24, 2.45) is 5.10 Å². The smallest absolute Gasteiger partial charge is 0.271 e. The minimum absolute atomic E-state index is 0.305. The number of nitrogens with one attached hydrogen (secondary N) is 3. The van der Waals surface area contributed by atoms with Crippen molar-refractivity contribution in [2.45, 2.75) is 10.9 Å². The molecule has 0 fully saturated rings. The van der Waals surface area contributed by atoms with Gasteiger partial charge >= 0.3 is 0 Å². The molecular weight excluding hydrogens is 500 g/mol. The highest BCUT2D eigenvalue weighted by Gasteiger charge is 2.09. The molecule has 5 rings (SSSR count). The summed E-state index contributed by atoms with van der Waals surface area (Å²) in [6.45, 7) is 0. The average Bonchev–Trinajstić information content (AvgIpc) is 3.46. The summed E-state index contributed by atoms with van der Waals surface area (Å²) in [5.41, 5.74) is 7.02. The predicted molar refractivity (Wildman–Crippen MR) is 144 cm³/mol. The molecule has 0 radical (unpaired) electrons. The van der Waals surface area contributed by atoms with Crippen LogP contribution >= 0.6 is 34.7 Å². The normalized spacial score (nSPS) is 11.2. The highest BCUT2D eigenvalue weighted by Crippen LogP contribution is 2.28. The number of aromatic amines is 1. The number of anilines is 2. The summed E-state index contributed by atoms with van der Waals surface area (Å²) in [6.07, 6.45) is 1.49. The first-order valence-electron chi connectivity index (χ1n) is 10.6. The molecule has 0 atom stereocenters. The molecule has 0 aliphatic carbocycles. The monoisotopic (exact) mass is 518 g/mol. The van der Waals surface area contributed by atoms with Gasteiger partial charge in [0.1, 0.15) is 0 Å². The van der Waals surface area contributed by atoms with Gasteiger partial charge in [-0.1, -0.05) is 77.2 Å². The molecule has 35 heavy (non-hydrogen) atoms. The van der Waals surface area contributed by atoms with Gasteiger partial charge in [-0.15, -0.1) is 0 Å². The van der Waals surface area contributed by atoms with Gasteiger partial charge in [0.25, 0.3) is 5.91 Å². The van der Waals surface area contributed by atoms with Crippen molar-refractivity contribution in [3.8, 4) is 0 Å². The minimum Gasteiger partial charge on any atom is -0.333 e. The first kappa shape index (κ1) is 23.1. The number of halogens is 1. The average molecular weight is 519 g/mol. The number of amides is 1. The number of imidazole rings is 1. The third kappa shape index (κ3) is 5.89. The summed E-state index contributed by atoms with van der Waals surface area (Å²) in [5.74, 6) is 0.435. The molecule has 3 N–H and O–H groups in total. The molecule has 174 valence electrons. The first-order valence-corrected chi connectivity index (χ1v) is 12.8. The molecule has 3 aromatic carbocycles. The van der Waals surface area contributed by atoms with Gasteiger partial charge in [-0.3, -0.25) is 4.79 Å². The Morgan fingerprint density at radius 2 is 1.80 bits per heavy atom. The number of hydrazone groups is 1. The van der Waals surface area contributed by atoms with Gasteiger partial charge in [0.2, 0.25) is 0 Å². The van der Waals surface area contributed by atoms with E-state index in [-0.39, 0.29) is 5.91 Å². The van der Waals surface area contributed by atoms with Gasteiger partial charge in [0, 0.05) is 17.0 Å². The van der Waals surface area contributed by atoms with E-state index in [2.05, 4.69) is 30.8 Å². The number of carbonyl (C=O) groups is 1. The maximum atomic E-state index is 12.5. The SMILES string of the molecule is O=C(NN=Cc1sc(Nc2ccccc2)nc1Cl)c1ccc(CSc2nc3ccccc3[nH]2)cc1. The van der Waals surface area contributed by atoms with E-state index in [0.717, 1.165) is 33.2 Å². The van der Waals surface area contributed by atoms with E-state index in [1.54, 1.807) is 23.9 Å². The Kier molecular flexibility index (Phi) is 7.08. The Labute approximate surface area is 214 Å². The number of thiazole rings is 1. The van der Waals surface area contributed by atoms with Gasteiger partial charge < -0.3 is 10.3 Å². The maximum absolute atomic E-state index is 12.5. The molecule has 0 aliphatic rings. The first-order chi connectivity index (χ1) is 17.1. The molecule has 2 aromatic heterocycles. The second-order valence-electron chi connectivity index (χ2n) is 7.41. The van der Waals surface area contributed by atoms with Crippen LogP contribution in [-0.4, -0.2) is 27.1 Å². The van der Waals surface area contributed by atoms with Crippen LogP contribution in [0.1, 0.15) is 20.8 Å². The summed E-state index contributed by atoms with van der Waals surface area (Å²) >= 11 is 9.16. The van der Waals surface area contributed by atoms with Crippen molar-refractivity contribution in [3.05, 3.63) is 100 Å². The molecule has 2 heterocycles. The summed E-state index contributed by atoms with van der Waals surface area (Å²) < 4.78 is 0. The lowest BCUT2D eigenvalue weighted by molar-refractivity contribution is 0.0955. The number of aromatic nitrogens is 3. The van der Waals surface area contributed by atoms with E-state index in [0.29, 0.717) is 20.7 Å². The Morgan fingerprint density at radius 3 is 2.60 bits per heavy atom. The van der Waals surface area contributed by atoms with Crippen LogP contribution in [0.5, 0.6) is 0 Å². The number of carbonyl (C=O) groups excluding carboxylic acids is 1. The molecule has 0 saturated carbocycles. The van der Waals surface area contributed by atoms with Crippen molar-refractivity contribution in [1.82, 2.24) is 20.4 Å². The van der Waals surface area contributed by atoms with Crippen molar-refractivity contribution >= 4 is 68.7 Å². The summed E-state index contributed by atoms with van der Waals surface area (Å²) in [5, 5.41) is 9.05. The number of thioether (sulfide) groups is 1. The van der Waals surface area contributed by atoms with Gasteiger partial charge in [-0.25, -0.2) is 15.4 Å². The fourth-order valence-corrected chi connectivity index (χ4v) is 5.10. The number of fused-ring (bicyclic) bond motifs is 1. The zero-order valence-corrected chi connectivity index (χ0v) is 20.6. The minimum atomic E-state index is -0.305. The Hall–Kier alpha value is -3.66. The summed E-state index contributed by atoms with van der Waals surface area (Å²) in [4.78, 5) is 25.3.